The second-order valence-electron chi connectivity index (χ2n) is 5.82. The molecule has 0 unspecified atom stereocenters. The predicted molar refractivity (Wildman–Crippen MR) is 92.4 cm³/mol. The van der Waals surface area contributed by atoms with Crippen LogP contribution in [0.5, 0.6) is 11.5 Å². The first-order chi connectivity index (χ1) is 10.7. The SMILES string of the molecule is CCCCc1c(O)cc(-c2ccccc2)c(O)c1CCCC. The summed E-state index contributed by atoms with van der Waals surface area (Å²) >= 11 is 0. The molecular formula is C20H26O2. The van der Waals surface area contributed by atoms with Gasteiger partial charge in [-0.3, -0.25) is 0 Å². The van der Waals surface area contributed by atoms with E-state index in [0.29, 0.717) is 11.5 Å². The summed E-state index contributed by atoms with van der Waals surface area (Å²) in [6.45, 7) is 4.28. The molecule has 2 aromatic carbocycles. The van der Waals surface area contributed by atoms with E-state index in [-0.39, 0.29) is 0 Å². The Kier molecular flexibility index (Phi) is 5.88. The smallest absolute Gasteiger partial charge is 0.127 e. The minimum atomic E-state index is 0.316. The second kappa shape index (κ2) is 7.88. The molecule has 0 aromatic heterocycles. The molecule has 2 N–H and O–H groups in total. The van der Waals surface area contributed by atoms with Gasteiger partial charge in [0.05, 0.1) is 0 Å². The van der Waals surface area contributed by atoms with Gasteiger partial charge in [-0.2, -0.15) is 0 Å². The maximum Gasteiger partial charge on any atom is 0.127 e. The van der Waals surface area contributed by atoms with Gasteiger partial charge < -0.3 is 10.2 Å². The molecule has 0 fully saturated rings. The van der Waals surface area contributed by atoms with E-state index in [0.717, 1.165) is 60.8 Å². The molecule has 2 heteroatoms. The summed E-state index contributed by atoms with van der Waals surface area (Å²) in [5, 5.41) is 21.2. The second-order valence-corrected chi connectivity index (χ2v) is 5.82. The normalized spacial score (nSPS) is 10.8. The lowest BCUT2D eigenvalue weighted by Gasteiger charge is -2.17. The van der Waals surface area contributed by atoms with Crippen LogP contribution >= 0.6 is 0 Å². The van der Waals surface area contributed by atoms with Gasteiger partial charge in [0.15, 0.2) is 0 Å². The Labute approximate surface area is 133 Å². The van der Waals surface area contributed by atoms with Crippen LogP contribution in [0.15, 0.2) is 36.4 Å². The van der Waals surface area contributed by atoms with Gasteiger partial charge >= 0.3 is 0 Å². The van der Waals surface area contributed by atoms with Gasteiger partial charge in [0.1, 0.15) is 11.5 Å². The van der Waals surface area contributed by atoms with E-state index in [4.69, 9.17) is 0 Å². The Morgan fingerprint density at radius 2 is 1.41 bits per heavy atom. The van der Waals surface area contributed by atoms with Crippen molar-refractivity contribution in [2.45, 2.75) is 52.4 Å². The first-order valence-electron chi connectivity index (χ1n) is 8.31. The molecule has 0 atom stereocenters. The Hall–Kier alpha value is -1.96. The van der Waals surface area contributed by atoms with Crippen LogP contribution < -0.4 is 0 Å². The molecule has 22 heavy (non-hydrogen) atoms. The minimum absolute atomic E-state index is 0.316. The van der Waals surface area contributed by atoms with Crippen molar-refractivity contribution < 1.29 is 10.2 Å². The minimum Gasteiger partial charge on any atom is -0.508 e. The molecule has 2 aromatic rings. The maximum atomic E-state index is 10.8. The highest BCUT2D eigenvalue weighted by Crippen LogP contribution is 2.40. The number of phenolic OH excluding ortho intramolecular Hbond substituents is 2. The maximum absolute atomic E-state index is 10.8. The largest absolute Gasteiger partial charge is 0.508 e. The number of hydrogen-bond acceptors (Lipinski definition) is 2. The fourth-order valence-corrected chi connectivity index (χ4v) is 2.85. The van der Waals surface area contributed by atoms with E-state index < -0.39 is 0 Å². The predicted octanol–water partition coefficient (Wildman–Crippen LogP) is 5.45. The Bertz CT molecular complexity index is 603. The molecule has 0 aliphatic heterocycles. The van der Waals surface area contributed by atoms with Gasteiger partial charge in [-0.15, -0.1) is 0 Å². The summed E-state index contributed by atoms with van der Waals surface area (Å²) < 4.78 is 0. The standard InChI is InChI=1S/C20H26O2/c1-3-5-12-16-17(13-6-4-2)20(22)18(14-19(16)21)15-10-8-7-9-11-15/h7-11,14,21-22H,3-6,12-13H2,1-2H3. The average Bonchev–Trinajstić information content (AvgIpc) is 2.55. The van der Waals surface area contributed by atoms with Gasteiger partial charge in [-0.05, 0) is 37.3 Å². The van der Waals surface area contributed by atoms with Gasteiger partial charge in [0, 0.05) is 16.7 Å². The van der Waals surface area contributed by atoms with Crippen LogP contribution in [0.25, 0.3) is 11.1 Å². The number of hydrogen-bond donors (Lipinski definition) is 2. The Morgan fingerprint density at radius 3 is 2.00 bits per heavy atom. The lowest BCUT2D eigenvalue weighted by molar-refractivity contribution is 0.447. The van der Waals surface area contributed by atoms with Crippen molar-refractivity contribution in [1.82, 2.24) is 0 Å². The lowest BCUT2D eigenvalue weighted by atomic mass is 9.91. The topological polar surface area (TPSA) is 40.5 Å². The Balaban J connectivity index is 2.51. The fourth-order valence-electron chi connectivity index (χ4n) is 2.85. The van der Waals surface area contributed by atoms with Crippen LogP contribution in [0.4, 0.5) is 0 Å². The van der Waals surface area contributed by atoms with Crippen molar-refractivity contribution in [3.8, 4) is 22.6 Å². The van der Waals surface area contributed by atoms with Crippen LogP contribution in [0.3, 0.4) is 0 Å². The molecule has 0 aliphatic rings. The summed E-state index contributed by atoms with van der Waals surface area (Å²) in [4.78, 5) is 0. The number of rotatable bonds is 7. The van der Waals surface area contributed by atoms with E-state index in [2.05, 4.69) is 13.8 Å². The van der Waals surface area contributed by atoms with Crippen molar-refractivity contribution in [2.75, 3.05) is 0 Å². The molecule has 0 heterocycles. The monoisotopic (exact) mass is 298 g/mol. The third kappa shape index (κ3) is 3.62. The summed E-state index contributed by atoms with van der Waals surface area (Å²) in [6.07, 6.45) is 5.83. The first kappa shape index (κ1) is 16.4. The molecule has 0 saturated carbocycles. The molecule has 0 saturated heterocycles. The third-order valence-corrected chi connectivity index (χ3v) is 4.14. The molecule has 0 aliphatic carbocycles. The van der Waals surface area contributed by atoms with Crippen LogP contribution in [0, 0.1) is 0 Å². The third-order valence-electron chi connectivity index (χ3n) is 4.14. The van der Waals surface area contributed by atoms with Gasteiger partial charge in [-0.1, -0.05) is 57.0 Å². The van der Waals surface area contributed by atoms with Crippen molar-refractivity contribution in [1.29, 1.82) is 0 Å². The molecule has 118 valence electrons. The molecule has 0 amide bonds. The van der Waals surface area contributed by atoms with Crippen molar-refractivity contribution in [3.05, 3.63) is 47.5 Å². The van der Waals surface area contributed by atoms with Crippen LogP contribution in [0.2, 0.25) is 0 Å². The van der Waals surface area contributed by atoms with Crippen LogP contribution in [-0.2, 0) is 12.8 Å². The molecule has 2 rings (SSSR count). The molecule has 0 radical (unpaired) electrons. The van der Waals surface area contributed by atoms with E-state index in [1.807, 2.05) is 30.3 Å². The van der Waals surface area contributed by atoms with Gasteiger partial charge in [0.25, 0.3) is 0 Å². The summed E-state index contributed by atoms with van der Waals surface area (Å²) in [5.74, 6) is 0.653. The number of unbranched alkanes of at least 4 members (excludes halogenated alkanes) is 2. The van der Waals surface area contributed by atoms with E-state index in [9.17, 15) is 10.2 Å². The quantitative estimate of drug-likeness (QED) is 0.667. The molecular weight excluding hydrogens is 272 g/mol. The molecule has 0 bridgehead atoms. The summed E-state index contributed by atoms with van der Waals surface area (Å²) in [6, 6.07) is 11.5. The molecule has 2 nitrogen and oxygen atoms in total. The van der Waals surface area contributed by atoms with Gasteiger partial charge in [-0.25, -0.2) is 0 Å². The molecule has 0 spiro atoms. The number of phenols is 2. The highest BCUT2D eigenvalue weighted by Gasteiger charge is 2.17. The zero-order chi connectivity index (χ0) is 15.9. The Morgan fingerprint density at radius 1 is 0.818 bits per heavy atom. The van der Waals surface area contributed by atoms with E-state index in [1.165, 1.54) is 0 Å². The average molecular weight is 298 g/mol. The van der Waals surface area contributed by atoms with Crippen molar-refractivity contribution in [2.24, 2.45) is 0 Å². The highest BCUT2D eigenvalue weighted by molar-refractivity contribution is 5.75. The van der Waals surface area contributed by atoms with Crippen molar-refractivity contribution in [3.63, 3.8) is 0 Å². The van der Waals surface area contributed by atoms with Crippen LogP contribution in [0.1, 0.15) is 50.7 Å². The highest BCUT2D eigenvalue weighted by atomic mass is 16.3. The zero-order valence-corrected chi connectivity index (χ0v) is 13.6. The van der Waals surface area contributed by atoms with Crippen molar-refractivity contribution >= 4 is 0 Å². The van der Waals surface area contributed by atoms with E-state index >= 15 is 0 Å². The van der Waals surface area contributed by atoms with Gasteiger partial charge in [0.2, 0.25) is 0 Å². The lowest BCUT2D eigenvalue weighted by Crippen LogP contribution is -1.98. The summed E-state index contributed by atoms with van der Waals surface area (Å²) in [7, 11) is 0. The first-order valence-corrected chi connectivity index (χ1v) is 8.31. The van der Waals surface area contributed by atoms with E-state index in [1.54, 1.807) is 6.07 Å². The fraction of sp³-hybridized carbons (Fsp3) is 0.400. The number of aromatic hydroxyl groups is 2. The number of benzene rings is 2. The van der Waals surface area contributed by atoms with Crippen LogP contribution in [-0.4, -0.2) is 10.2 Å². The zero-order valence-electron chi connectivity index (χ0n) is 13.6. The summed E-state index contributed by atoms with van der Waals surface area (Å²) in [5.41, 5.74) is 3.51.